The van der Waals surface area contributed by atoms with Crippen molar-refractivity contribution in [1.29, 1.82) is 0 Å². The summed E-state index contributed by atoms with van der Waals surface area (Å²) in [5, 5.41) is 27.4. The lowest BCUT2D eigenvalue weighted by molar-refractivity contribution is -0.384. The Morgan fingerprint density at radius 1 is 1.52 bits per heavy atom. The van der Waals surface area contributed by atoms with E-state index in [2.05, 4.69) is 10.4 Å². The first-order chi connectivity index (χ1) is 9.79. The molecule has 1 aromatic heterocycles. The lowest BCUT2D eigenvalue weighted by Gasteiger charge is -2.17. The first kappa shape index (κ1) is 16.9. The normalized spacial score (nSPS) is 12.4. The molecule has 1 aromatic rings. The van der Waals surface area contributed by atoms with E-state index in [0.29, 0.717) is 12.1 Å². The number of carboxylic acid groups (broad SMARTS) is 1. The molecule has 1 heterocycles. The molecule has 0 fully saturated rings. The van der Waals surface area contributed by atoms with Crippen molar-refractivity contribution in [3.63, 3.8) is 0 Å². The Hall–Kier alpha value is -2.12. The highest BCUT2D eigenvalue weighted by Gasteiger charge is 2.28. The van der Waals surface area contributed by atoms with Crippen molar-refractivity contribution in [2.75, 3.05) is 11.9 Å². The van der Waals surface area contributed by atoms with Crippen LogP contribution in [0.5, 0.6) is 0 Å². The Kier molecular flexibility index (Phi) is 5.69. The fourth-order valence-electron chi connectivity index (χ4n) is 2.18. The minimum absolute atomic E-state index is 0.0627. The molecule has 0 radical (unpaired) electrons. The molecule has 0 aliphatic rings. The maximum Gasteiger partial charge on any atom is 0.333 e. The number of aromatic nitrogens is 2. The summed E-state index contributed by atoms with van der Waals surface area (Å²) in [6, 6.07) is 0. The summed E-state index contributed by atoms with van der Waals surface area (Å²) in [7, 11) is 1.61. The fourth-order valence-corrected chi connectivity index (χ4v) is 2.18. The Morgan fingerprint density at radius 2 is 2.14 bits per heavy atom. The highest BCUT2D eigenvalue weighted by Crippen LogP contribution is 2.29. The van der Waals surface area contributed by atoms with E-state index in [1.165, 1.54) is 4.68 Å². The molecule has 118 valence electrons. The van der Waals surface area contributed by atoms with Crippen molar-refractivity contribution >= 4 is 17.5 Å². The third-order valence-corrected chi connectivity index (χ3v) is 3.37. The van der Waals surface area contributed by atoms with Crippen LogP contribution < -0.4 is 5.32 Å². The number of hydrogen-bond donors (Lipinski definition) is 2. The predicted molar refractivity (Wildman–Crippen MR) is 78.3 cm³/mol. The molecule has 0 amide bonds. The molecule has 0 aliphatic heterocycles. The molecule has 2 N–H and O–H groups in total. The second-order valence-corrected chi connectivity index (χ2v) is 5.34. The van der Waals surface area contributed by atoms with Gasteiger partial charge in [-0.1, -0.05) is 27.2 Å². The molecule has 0 saturated heterocycles. The molecule has 1 unspecified atom stereocenters. The van der Waals surface area contributed by atoms with Crippen LogP contribution in [-0.4, -0.2) is 32.3 Å². The van der Waals surface area contributed by atoms with Crippen LogP contribution in [-0.2, 0) is 18.3 Å². The second-order valence-electron chi connectivity index (χ2n) is 5.34. The minimum Gasteiger partial charge on any atom is -0.481 e. The third-order valence-electron chi connectivity index (χ3n) is 3.37. The summed E-state index contributed by atoms with van der Waals surface area (Å²) in [5.41, 5.74) is 0.358. The Labute approximate surface area is 123 Å². The van der Waals surface area contributed by atoms with Gasteiger partial charge in [-0.25, -0.2) is 4.68 Å². The maximum atomic E-state index is 11.2. The average molecular weight is 298 g/mol. The molecule has 8 heteroatoms. The topological polar surface area (TPSA) is 110 Å². The first-order valence-corrected chi connectivity index (χ1v) is 6.96. The second kappa shape index (κ2) is 7.05. The predicted octanol–water partition coefficient (Wildman–Crippen LogP) is 2.05. The summed E-state index contributed by atoms with van der Waals surface area (Å²) >= 11 is 0. The highest BCUT2D eigenvalue weighted by atomic mass is 16.6. The lowest BCUT2D eigenvalue weighted by Crippen LogP contribution is -2.28. The minimum atomic E-state index is -0.920. The van der Waals surface area contributed by atoms with Crippen LogP contribution in [0.4, 0.5) is 11.5 Å². The summed E-state index contributed by atoms with van der Waals surface area (Å²) in [5.74, 6) is -1.35. The summed E-state index contributed by atoms with van der Waals surface area (Å²) in [4.78, 5) is 21.9. The Bertz CT molecular complexity index is 524. The first-order valence-electron chi connectivity index (χ1n) is 6.96. The van der Waals surface area contributed by atoms with E-state index in [1.807, 2.05) is 6.92 Å². The molecule has 1 atom stereocenters. The number of anilines is 1. The van der Waals surface area contributed by atoms with Gasteiger partial charge < -0.3 is 10.4 Å². The SMILES string of the molecule is CCCc1nn(C)c(NCC(C(=O)O)C(C)C)c1[N+](=O)[O-]. The number of aliphatic carboxylic acids is 1. The van der Waals surface area contributed by atoms with Crippen LogP contribution in [0.3, 0.4) is 0 Å². The van der Waals surface area contributed by atoms with E-state index in [-0.39, 0.29) is 24.0 Å². The Balaban J connectivity index is 3.02. The van der Waals surface area contributed by atoms with Gasteiger partial charge in [-0.05, 0) is 12.3 Å². The van der Waals surface area contributed by atoms with Crippen molar-refractivity contribution in [3.05, 3.63) is 15.8 Å². The summed E-state index contributed by atoms with van der Waals surface area (Å²) in [6.07, 6.45) is 1.26. The number of carbonyl (C=O) groups is 1. The Morgan fingerprint density at radius 3 is 2.57 bits per heavy atom. The van der Waals surface area contributed by atoms with Crippen LogP contribution in [0.1, 0.15) is 32.9 Å². The molecular weight excluding hydrogens is 276 g/mol. The molecule has 8 nitrogen and oxygen atoms in total. The molecule has 1 rings (SSSR count). The smallest absolute Gasteiger partial charge is 0.333 e. The van der Waals surface area contributed by atoms with E-state index in [9.17, 15) is 14.9 Å². The zero-order valence-corrected chi connectivity index (χ0v) is 12.8. The zero-order valence-electron chi connectivity index (χ0n) is 12.8. The van der Waals surface area contributed by atoms with E-state index in [1.54, 1.807) is 20.9 Å². The van der Waals surface area contributed by atoms with Crippen LogP contribution in [0.25, 0.3) is 0 Å². The van der Waals surface area contributed by atoms with Crippen molar-refractivity contribution in [2.45, 2.75) is 33.6 Å². The van der Waals surface area contributed by atoms with E-state index in [0.717, 1.165) is 6.42 Å². The number of rotatable bonds is 8. The van der Waals surface area contributed by atoms with Crippen LogP contribution in [0.15, 0.2) is 0 Å². The van der Waals surface area contributed by atoms with Gasteiger partial charge in [-0.15, -0.1) is 0 Å². The zero-order chi connectivity index (χ0) is 16.2. The van der Waals surface area contributed by atoms with Crippen molar-refractivity contribution in [3.8, 4) is 0 Å². The average Bonchev–Trinajstić information content (AvgIpc) is 2.65. The largest absolute Gasteiger partial charge is 0.481 e. The molecule has 0 spiro atoms. The van der Waals surface area contributed by atoms with Gasteiger partial charge in [-0.2, -0.15) is 5.10 Å². The quantitative estimate of drug-likeness (QED) is 0.561. The van der Waals surface area contributed by atoms with Gasteiger partial charge in [0.15, 0.2) is 0 Å². The van der Waals surface area contributed by atoms with Crippen molar-refractivity contribution in [2.24, 2.45) is 18.9 Å². The number of nitro groups is 1. The molecule has 0 bridgehead atoms. The molecule has 0 saturated carbocycles. The molecule has 0 aromatic carbocycles. The lowest BCUT2D eigenvalue weighted by atomic mass is 9.96. The van der Waals surface area contributed by atoms with E-state index in [4.69, 9.17) is 5.11 Å². The van der Waals surface area contributed by atoms with Gasteiger partial charge in [0.1, 0.15) is 5.69 Å². The van der Waals surface area contributed by atoms with E-state index < -0.39 is 16.8 Å². The summed E-state index contributed by atoms with van der Waals surface area (Å²) < 4.78 is 1.41. The molecule has 0 aliphatic carbocycles. The number of aryl methyl sites for hydroxylation is 2. The van der Waals surface area contributed by atoms with Crippen molar-refractivity contribution in [1.82, 2.24) is 9.78 Å². The van der Waals surface area contributed by atoms with Crippen LogP contribution in [0, 0.1) is 22.0 Å². The van der Waals surface area contributed by atoms with Crippen LogP contribution >= 0.6 is 0 Å². The van der Waals surface area contributed by atoms with Crippen molar-refractivity contribution < 1.29 is 14.8 Å². The third kappa shape index (κ3) is 3.93. The number of nitrogens with one attached hydrogen (secondary N) is 1. The van der Waals surface area contributed by atoms with Gasteiger partial charge in [-0.3, -0.25) is 14.9 Å². The summed E-state index contributed by atoms with van der Waals surface area (Å²) in [6.45, 7) is 5.66. The van der Waals surface area contributed by atoms with Crippen LogP contribution in [0.2, 0.25) is 0 Å². The maximum absolute atomic E-state index is 11.2. The van der Waals surface area contributed by atoms with Gasteiger partial charge >= 0.3 is 11.7 Å². The van der Waals surface area contributed by atoms with Gasteiger partial charge in [0.2, 0.25) is 5.82 Å². The number of carboxylic acids is 1. The number of hydrogen-bond acceptors (Lipinski definition) is 5. The number of nitrogens with zero attached hydrogens (tertiary/aromatic N) is 3. The fraction of sp³-hybridized carbons (Fsp3) is 0.692. The van der Waals surface area contributed by atoms with Gasteiger partial charge in [0.25, 0.3) is 0 Å². The standard InChI is InChI=1S/C13H22N4O4/c1-5-6-10-11(17(20)21)12(16(4)15-10)14-7-9(8(2)3)13(18)19/h8-9,14H,5-7H2,1-4H3,(H,18,19). The molecular formula is C13H22N4O4. The van der Waals surface area contributed by atoms with Gasteiger partial charge in [0.05, 0.1) is 10.8 Å². The molecule has 21 heavy (non-hydrogen) atoms. The van der Waals surface area contributed by atoms with Gasteiger partial charge in [0, 0.05) is 13.6 Å². The monoisotopic (exact) mass is 298 g/mol. The highest BCUT2D eigenvalue weighted by molar-refractivity contribution is 5.71. The van der Waals surface area contributed by atoms with E-state index >= 15 is 0 Å².